The maximum absolute atomic E-state index is 13.5. The summed E-state index contributed by atoms with van der Waals surface area (Å²) in [5.41, 5.74) is 0.258. The van der Waals surface area contributed by atoms with E-state index >= 15 is 0 Å². The number of rotatable bonds is 4. The second kappa shape index (κ2) is 7.08. The first-order valence-electron chi connectivity index (χ1n) is 7.30. The molecule has 23 heavy (non-hydrogen) atoms. The minimum atomic E-state index is -3.07. The maximum Gasteiger partial charge on any atom is 0.244 e. The lowest BCUT2D eigenvalue weighted by Crippen LogP contribution is -2.51. The van der Waals surface area contributed by atoms with E-state index in [1.807, 2.05) is 0 Å². The molecule has 0 unspecified atom stereocenters. The summed E-state index contributed by atoms with van der Waals surface area (Å²) in [5, 5.41) is 2.53. The molecule has 1 fully saturated rings. The van der Waals surface area contributed by atoms with Gasteiger partial charge in [-0.25, -0.2) is 12.8 Å². The smallest absolute Gasteiger partial charge is 0.244 e. The van der Waals surface area contributed by atoms with Crippen LogP contribution in [0.25, 0.3) is 0 Å². The van der Waals surface area contributed by atoms with E-state index in [9.17, 15) is 22.4 Å². The molecule has 1 aliphatic rings. The van der Waals surface area contributed by atoms with Crippen LogP contribution < -0.4 is 5.32 Å². The summed E-state index contributed by atoms with van der Waals surface area (Å²) in [5.74, 6) is -1.38. The van der Waals surface area contributed by atoms with Crippen LogP contribution in [0, 0.1) is 5.82 Å². The predicted molar refractivity (Wildman–Crippen MR) is 82.9 cm³/mol. The normalized spacial score (nSPS) is 18.3. The topological polar surface area (TPSA) is 83.6 Å². The third-order valence-corrected chi connectivity index (χ3v) is 5.32. The molecule has 0 saturated carbocycles. The van der Waals surface area contributed by atoms with Gasteiger partial charge in [-0.2, -0.15) is 0 Å². The van der Waals surface area contributed by atoms with Crippen LogP contribution in [-0.2, 0) is 25.8 Å². The minimum Gasteiger partial charge on any atom is -0.344 e. The Kier molecular flexibility index (Phi) is 5.35. The molecule has 1 atom stereocenters. The van der Waals surface area contributed by atoms with Gasteiger partial charge < -0.3 is 10.2 Å². The zero-order valence-corrected chi connectivity index (χ0v) is 13.6. The molecule has 1 aliphatic heterocycles. The first kappa shape index (κ1) is 17.4. The van der Waals surface area contributed by atoms with Crippen molar-refractivity contribution in [3.8, 4) is 0 Å². The zero-order chi connectivity index (χ0) is 17.0. The first-order valence-corrected chi connectivity index (χ1v) is 9.12. The molecule has 1 N–H and O–H groups in total. The number of amides is 2. The summed E-state index contributed by atoms with van der Waals surface area (Å²) in [6.07, 6.45) is -0.154. The quantitative estimate of drug-likeness (QED) is 0.843. The lowest BCUT2D eigenvalue weighted by atomic mass is 10.1. The number of carbonyl (C=O) groups excluding carboxylic acids is 2. The Morgan fingerprint density at radius 3 is 2.48 bits per heavy atom. The average Bonchev–Trinajstić information content (AvgIpc) is 2.49. The number of sulfone groups is 1. The molecule has 1 aromatic rings. The molecular formula is C15H19FN2O4S. The molecular weight excluding hydrogens is 323 g/mol. The molecule has 0 spiro atoms. The monoisotopic (exact) mass is 342 g/mol. The van der Waals surface area contributed by atoms with Gasteiger partial charge in [0.05, 0.1) is 17.9 Å². The van der Waals surface area contributed by atoms with E-state index in [1.165, 1.54) is 30.0 Å². The van der Waals surface area contributed by atoms with E-state index in [0.29, 0.717) is 0 Å². The van der Waals surface area contributed by atoms with Gasteiger partial charge in [-0.15, -0.1) is 0 Å². The number of nitrogens with zero attached hydrogens (tertiary/aromatic N) is 1. The Morgan fingerprint density at radius 1 is 1.26 bits per heavy atom. The Bertz CT molecular complexity index is 691. The SMILES string of the molecule is C[C@H](NC(=O)Cc1ccccc1F)C(=O)N1CCS(=O)(=O)CC1. The number of benzene rings is 1. The van der Waals surface area contributed by atoms with Crippen molar-refractivity contribution in [2.75, 3.05) is 24.6 Å². The molecule has 0 radical (unpaired) electrons. The molecule has 1 saturated heterocycles. The van der Waals surface area contributed by atoms with E-state index in [2.05, 4.69) is 5.32 Å². The summed E-state index contributed by atoms with van der Waals surface area (Å²) in [6, 6.07) is 5.17. The van der Waals surface area contributed by atoms with Gasteiger partial charge in [0.15, 0.2) is 9.84 Å². The molecule has 0 aromatic heterocycles. The van der Waals surface area contributed by atoms with Crippen LogP contribution in [0.15, 0.2) is 24.3 Å². The molecule has 2 rings (SSSR count). The van der Waals surface area contributed by atoms with Gasteiger partial charge in [0.2, 0.25) is 11.8 Å². The Hall–Kier alpha value is -1.96. The van der Waals surface area contributed by atoms with Gasteiger partial charge in [-0.05, 0) is 18.6 Å². The third-order valence-electron chi connectivity index (χ3n) is 3.71. The first-order chi connectivity index (χ1) is 10.8. The van der Waals surface area contributed by atoms with Crippen molar-refractivity contribution in [3.05, 3.63) is 35.6 Å². The molecule has 0 bridgehead atoms. The van der Waals surface area contributed by atoms with Crippen LogP contribution in [0.1, 0.15) is 12.5 Å². The lowest BCUT2D eigenvalue weighted by molar-refractivity contribution is -0.135. The van der Waals surface area contributed by atoms with Crippen LogP contribution in [-0.4, -0.2) is 55.8 Å². The summed E-state index contributed by atoms with van der Waals surface area (Å²) in [6.45, 7) is 1.80. The molecule has 1 aromatic carbocycles. The van der Waals surface area contributed by atoms with Gasteiger partial charge in [0.1, 0.15) is 11.9 Å². The van der Waals surface area contributed by atoms with E-state index in [0.717, 1.165) is 0 Å². The van der Waals surface area contributed by atoms with Crippen LogP contribution in [0.5, 0.6) is 0 Å². The van der Waals surface area contributed by atoms with Crippen molar-refractivity contribution < 1.29 is 22.4 Å². The summed E-state index contributed by atoms with van der Waals surface area (Å²) < 4.78 is 36.2. The highest BCUT2D eigenvalue weighted by molar-refractivity contribution is 7.91. The fraction of sp³-hybridized carbons (Fsp3) is 0.467. The van der Waals surface area contributed by atoms with Gasteiger partial charge in [0.25, 0.3) is 0 Å². The van der Waals surface area contributed by atoms with Crippen LogP contribution in [0.2, 0.25) is 0 Å². The summed E-state index contributed by atoms with van der Waals surface area (Å²) >= 11 is 0. The molecule has 126 valence electrons. The van der Waals surface area contributed by atoms with Gasteiger partial charge in [0, 0.05) is 13.1 Å². The number of hydrogen-bond acceptors (Lipinski definition) is 4. The molecule has 1 heterocycles. The fourth-order valence-electron chi connectivity index (χ4n) is 2.38. The summed E-state index contributed by atoms with van der Waals surface area (Å²) in [4.78, 5) is 25.6. The number of nitrogens with one attached hydrogen (secondary N) is 1. The van der Waals surface area contributed by atoms with Gasteiger partial charge in [-0.3, -0.25) is 9.59 Å². The van der Waals surface area contributed by atoms with Crippen LogP contribution >= 0.6 is 0 Å². The second-order valence-corrected chi connectivity index (χ2v) is 7.84. The van der Waals surface area contributed by atoms with E-state index in [4.69, 9.17) is 0 Å². The number of hydrogen-bond donors (Lipinski definition) is 1. The highest BCUT2D eigenvalue weighted by atomic mass is 32.2. The summed E-state index contributed by atoms with van der Waals surface area (Å²) in [7, 11) is -3.07. The zero-order valence-electron chi connectivity index (χ0n) is 12.8. The lowest BCUT2D eigenvalue weighted by Gasteiger charge is -2.29. The van der Waals surface area contributed by atoms with Gasteiger partial charge in [-0.1, -0.05) is 18.2 Å². The second-order valence-electron chi connectivity index (χ2n) is 5.53. The Balaban J connectivity index is 1.88. The van der Waals surface area contributed by atoms with Crippen molar-refractivity contribution >= 4 is 21.7 Å². The largest absolute Gasteiger partial charge is 0.344 e. The molecule has 8 heteroatoms. The molecule has 0 aliphatic carbocycles. The Labute approximate surface area is 134 Å². The predicted octanol–water partition coefficient (Wildman–Crippen LogP) is 0.130. The number of halogens is 1. The van der Waals surface area contributed by atoms with Crippen molar-refractivity contribution in [3.63, 3.8) is 0 Å². The molecule has 2 amide bonds. The van der Waals surface area contributed by atoms with E-state index in [-0.39, 0.29) is 42.5 Å². The Morgan fingerprint density at radius 2 is 1.87 bits per heavy atom. The van der Waals surface area contributed by atoms with E-state index in [1.54, 1.807) is 6.07 Å². The van der Waals surface area contributed by atoms with E-state index < -0.39 is 27.6 Å². The standard InChI is InChI=1S/C15H19FN2O4S/c1-11(15(20)18-6-8-23(21,22)9-7-18)17-14(19)10-12-4-2-3-5-13(12)16/h2-5,11H,6-10H2,1H3,(H,17,19)/t11-/m0/s1. The van der Waals surface area contributed by atoms with Crippen LogP contribution in [0.4, 0.5) is 4.39 Å². The highest BCUT2D eigenvalue weighted by Crippen LogP contribution is 2.08. The molecule has 6 nitrogen and oxygen atoms in total. The van der Waals surface area contributed by atoms with Crippen molar-refractivity contribution in [1.82, 2.24) is 10.2 Å². The average molecular weight is 342 g/mol. The highest BCUT2D eigenvalue weighted by Gasteiger charge is 2.28. The van der Waals surface area contributed by atoms with Crippen LogP contribution in [0.3, 0.4) is 0 Å². The van der Waals surface area contributed by atoms with Crippen molar-refractivity contribution in [1.29, 1.82) is 0 Å². The fourth-order valence-corrected chi connectivity index (χ4v) is 3.58. The minimum absolute atomic E-state index is 0.0609. The van der Waals surface area contributed by atoms with Crippen molar-refractivity contribution in [2.45, 2.75) is 19.4 Å². The maximum atomic E-state index is 13.5. The third kappa shape index (κ3) is 4.75. The number of carbonyl (C=O) groups is 2. The van der Waals surface area contributed by atoms with Crippen molar-refractivity contribution in [2.24, 2.45) is 0 Å². The van der Waals surface area contributed by atoms with Gasteiger partial charge >= 0.3 is 0 Å².